The summed E-state index contributed by atoms with van der Waals surface area (Å²) in [7, 11) is 0. The van der Waals surface area contributed by atoms with Crippen molar-refractivity contribution in [3.8, 4) is 0 Å². The molecule has 1 heterocycles. The molecule has 2 rings (SSSR count). The van der Waals surface area contributed by atoms with Gasteiger partial charge in [-0.2, -0.15) is 0 Å². The maximum absolute atomic E-state index is 11.7. The zero-order valence-electron chi connectivity index (χ0n) is 9.16. The molecular weight excluding hydrogens is 188 g/mol. The number of aliphatic imine (C=N–C) groups is 1. The molecule has 0 radical (unpaired) electrons. The lowest BCUT2D eigenvalue weighted by Crippen LogP contribution is -2.33. The summed E-state index contributed by atoms with van der Waals surface area (Å²) in [5, 5.41) is 0. The Morgan fingerprint density at radius 1 is 1.53 bits per heavy atom. The molecule has 0 saturated carbocycles. The quantitative estimate of drug-likeness (QED) is 0.651. The maximum Gasteiger partial charge on any atom is 0.166 e. The Kier molecular flexibility index (Phi) is 2.35. The summed E-state index contributed by atoms with van der Waals surface area (Å²) in [6.45, 7) is 4.17. The zero-order valence-corrected chi connectivity index (χ0v) is 9.16. The van der Waals surface area contributed by atoms with Crippen molar-refractivity contribution in [1.29, 1.82) is 0 Å². The summed E-state index contributed by atoms with van der Waals surface area (Å²) in [5.74, 6) is 0.120. The van der Waals surface area contributed by atoms with Crippen molar-refractivity contribution in [3.63, 3.8) is 0 Å². The fourth-order valence-electron chi connectivity index (χ4n) is 2.10. The van der Waals surface area contributed by atoms with E-state index in [0.29, 0.717) is 12.0 Å². The second kappa shape index (κ2) is 3.42. The SMILES string of the molecule is CC1(C)C=NC2=C(C(=O)CC=C2)C(N)C1. The molecule has 80 valence electrons. The highest BCUT2D eigenvalue weighted by atomic mass is 16.1. The number of Topliss-reactive ketones (excluding diaryl/α,β-unsaturated/α-hetero) is 1. The molecule has 0 aromatic heterocycles. The molecule has 1 aliphatic carbocycles. The van der Waals surface area contributed by atoms with Crippen molar-refractivity contribution >= 4 is 12.0 Å². The number of carbonyl (C=O) groups is 1. The van der Waals surface area contributed by atoms with Gasteiger partial charge in [-0.1, -0.05) is 19.9 Å². The summed E-state index contributed by atoms with van der Waals surface area (Å²) in [6, 6.07) is -0.185. The molecule has 1 unspecified atom stereocenters. The van der Waals surface area contributed by atoms with Gasteiger partial charge in [-0.05, 0) is 12.5 Å². The van der Waals surface area contributed by atoms with E-state index in [-0.39, 0.29) is 17.2 Å². The van der Waals surface area contributed by atoms with Crippen molar-refractivity contribution < 1.29 is 4.79 Å². The van der Waals surface area contributed by atoms with Crippen LogP contribution in [0.2, 0.25) is 0 Å². The highest BCUT2D eigenvalue weighted by Crippen LogP contribution is 2.30. The van der Waals surface area contributed by atoms with Gasteiger partial charge < -0.3 is 5.73 Å². The molecule has 0 aromatic carbocycles. The fourth-order valence-corrected chi connectivity index (χ4v) is 2.10. The monoisotopic (exact) mass is 204 g/mol. The lowest BCUT2D eigenvalue weighted by molar-refractivity contribution is -0.115. The number of rotatable bonds is 0. The lowest BCUT2D eigenvalue weighted by atomic mass is 9.83. The number of nitrogens with zero attached hydrogens (tertiary/aromatic N) is 1. The van der Waals surface area contributed by atoms with E-state index in [4.69, 9.17) is 5.73 Å². The lowest BCUT2D eigenvalue weighted by Gasteiger charge is -2.23. The van der Waals surface area contributed by atoms with Gasteiger partial charge in [0.25, 0.3) is 0 Å². The van der Waals surface area contributed by atoms with Crippen molar-refractivity contribution in [3.05, 3.63) is 23.4 Å². The minimum absolute atomic E-state index is 0.0368. The van der Waals surface area contributed by atoms with Gasteiger partial charge in [-0.15, -0.1) is 0 Å². The molecule has 3 heteroatoms. The first-order valence-electron chi connectivity index (χ1n) is 5.24. The van der Waals surface area contributed by atoms with E-state index in [1.54, 1.807) is 0 Å². The van der Waals surface area contributed by atoms with Crippen LogP contribution >= 0.6 is 0 Å². The van der Waals surface area contributed by atoms with E-state index >= 15 is 0 Å². The minimum Gasteiger partial charge on any atom is -0.324 e. The predicted molar refractivity (Wildman–Crippen MR) is 60.7 cm³/mol. The highest BCUT2D eigenvalue weighted by Gasteiger charge is 2.30. The molecule has 0 amide bonds. The third-order valence-corrected chi connectivity index (χ3v) is 2.83. The smallest absolute Gasteiger partial charge is 0.166 e. The molecule has 2 aliphatic rings. The number of hydrogen-bond acceptors (Lipinski definition) is 3. The number of allylic oxidation sites excluding steroid dienone is 2. The molecule has 15 heavy (non-hydrogen) atoms. The van der Waals surface area contributed by atoms with Gasteiger partial charge in [-0.25, -0.2) is 0 Å². The van der Waals surface area contributed by atoms with Crippen molar-refractivity contribution in [2.24, 2.45) is 16.1 Å². The van der Waals surface area contributed by atoms with Crippen LogP contribution in [0.25, 0.3) is 0 Å². The van der Waals surface area contributed by atoms with Crippen LogP contribution in [0.3, 0.4) is 0 Å². The van der Waals surface area contributed by atoms with E-state index in [1.165, 1.54) is 0 Å². The van der Waals surface area contributed by atoms with Crippen molar-refractivity contribution in [2.45, 2.75) is 32.7 Å². The standard InChI is InChI=1S/C12H16N2O/c1-12(2)6-8(13)11-9(14-7-12)4-3-5-10(11)15/h3-4,7-8H,5-6,13H2,1-2H3. The van der Waals surface area contributed by atoms with Crippen LogP contribution in [0.15, 0.2) is 28.4 Å². The molecule has 3 nitrogen and oxygen atoms in total. The predicted octanol–water partition coefficient (Wildman–Crippen LogP) is 1.60. The van der Waals surface area contributed by atoms with E-state index in [0.717, 1.165) is 12.1 Å². The molecule has 0 aromatic rings. The first-order valence-corrected chi connectivity index (χ1v) is 5.24. The Balaban J connectivity index is 2.44. The molecule has 2 N–H and O–H groups in total. The molecule has 0 spiro atoms. The number of hydrogen-bond donors (Lipinski definition) is 1. The Hall–Kier alpha value is -1.22. The Labute approximate surface area is 89.8 Å². The Morgan fingerprint density at radius 2 is 2.27 bits per heavy atom. The van der Waals surface area contributed by atoms with Crippen LogP contribution in [0.5, 0.6) is 0 Å². The maximum atomic E-state index is 11.7. The van der Waals surface area contributed by atoms with Gasteiger partial charge in [0.2, 0.25) is 0 Å². The third-order valence-electron chi connectivity index (χ3n) is 2.83. The van der Waals surface area contributed by atoms with Gasteiger partial charge in [0, 0.05) is 29.7 Å². The largest absolute Gasteiger partial charge is 0.324 e. The van der Waals surface area contributed by atoms with Crippen LogP contribution in [-0.4, -0.2) is 18.0 Å². The number of ketones is 1. The molecule has 1 aliphatic heterocycles. The molecule has 0 saturated heterocycles. The first kappa shape index (κ1) is 10.3. The Bertz CT molecular complexity index is 388. The number of carbonyl (C=O) groups excluding carboxylic acids is 1. The van der Waals surface area contributed by atoms with Crippen LogP contribution in [-0.2, 0) is 4.79 Å². The van der Waals surface area contributed by atoms with Gasteiger partial charge in [0.05, 0.1) is 5.70 Å². The summed E-state index contributed by atoms with van der Waals surface area (Å²) >= 11 is 0. The second-order valence-electron chi connectivity index (χ2n) is 4.89. The van der Waals surface area contributed by atoms with E-state index in [2.05, 4.69) is 18.8 Å². The average molecular weight is 204 g/mol. The molecule has 0 bridgehead atoms. The minimum atomic E-state index is -0.185. The van der Waals surface area contributed by atoms with E-state index in [9.17, 15) is 4.79 Å². The topological polar surface area (TPSA) is 55.5 Å². The normalized spacial score (nSPS) is 29.0. The summed E-state index contributed by atoms with van der Waals surface area (Å²) in [6.07, 6.45) is 6.88. The van der Waals surface area contributed by atoms with Gasteiger partial charge in [-0.3, -0.25) is 9.79 Å². The van der Waals surface area contributed by atoms with Crippen LogP contribution in [0.4, 0.5) is 0 Å². The molecular formula is C12H16N2O. The van der Waals surface area contributed by atoms with Crippen LogP contribution in [0, 0.1) is 5.41 Å². The zero-order chi connectivity index (χ0) is 11.1. The molecule has 0 fully saturated rings. The summed E-state index contributed by atoms with van der Waals surface area (Å²) in [4.78, 5) is 16.1. The van der Waals surface area contributed by atoms with Crippen LogP contribution in [0.1, 0.15) is 26.7 Å². The molecule has 1 atom stereocenters. The van der Waals surface area contributed by atoms with Crippen molar-refractivity contribution in [1.82, 2.24) is 0 Å². The second-order valence-corrected chi connectivity index (χ2v) is 4.89. The average Bonchev–Trinajstić information content (AvgIpc) is 2.24. The third kappa shape index (κ3) is 1.92. The summed E-state index contributed by atoms with van der Waals surface area (Å²) in [5.41, 5.74) is 7.49. The van der Waals surface area contributed by atoms with Gasteiger partial charge >= 0.3 is 0 Å². The number of nitrogens with two attached hydrogens (primary N) is 1. The van der Waals surface area contributed by atoms with Crippen molar-refractivity contribution in [2.75, 3.05) is 0 Å². The summed E-state index contributed by atoms with van der Waals surface area (Å²) < 4.78 is 0. The van der Waals surface area contributed by atoms with Gasteiger partial charge in [0.1, 0.15) is 0 Å². The van der Waals surface area contributed by atoms with E-state index < -0.39 is 0 Å². The van der Waals surface area contributed by atoms with E-state index in [1.807, 2.05) is 18.4 Å². The van der Waals surface area contributed by atoms with Gasteiger partial charge in [0.15, 0.2) is 5.78 Å². The first-order chi connectivity index (χ1) is 6.99. The van der Waals surface area contributed by atoms with Crippen LogP contribution < -0.4 is 5.73 Å². The Morgan fingerprint density at radius 3 is 3.00 bits per heavy atom. The highest BCUT2D eigenvalue weighted by molar-refractivity contribution is 6.00. The fraction of sp³-hybridized carbons (Fsp3) is 0.500.